The van der Waals surface area contributed by atoms with Gasteiger partial charge in [0.15, 0.2) is 0 Å². The molecule has 0 aliphatic carbocycles. The molecule has 3 nitrogen and oxygen atoms in total. The van der Waals surface area contributed by atoms with Gasteiger partial charge >= 0.3 is 0 Å². The molecule has 3 rings (SSSR count). The van der Waals surface area contributed by atoms with E-state index < -0.39 is 0 Å². The van der Waals surface area contributed by atoms with Gasteiger partial charge in [-0.2, -0.15) is 0 Å². The third-order valence-corrected chi connectivity index (χ3v) is 3.10. The van der Waals surface area contributed by atoms with Gasteiger partial charge in [-0.3, -0.25) is 0 Å². The number of fused-ring (bicyclic) bond motifs is 1. The summed E-state index contributed by atoms with van der Waals surface area (Å²) in [6.45, 7) is 1.93. The molecule has 3 heteroatoms. The minimum absolute atomic E-state index is 0.0375. The highest BCUT2D eigenvalue weighted by Crippen LogP contribution is 2.26. The van der Waals surface area contributed by atoms with Crippen LogP contribution in [0.15, 0.2) is 48.5 Å². The molecule has 3 aromatic rings. The van der Waals surface area contributed by atoms with Crippen molar-refractivity contribution < 1.29 is 5.11 Å². The molecule has 1 aromatic heterocycles. The van der Waals surface area contributed by atoms with Crippen molar-refractivity contribution in [3.8, 4) is 11.3 Å². The van der Waals surface area contributed by atoms with E-state index >= 15 is 0 Å². The number of aliphatic hydroxyl groups is 1. The van der Waals surface area contributed by atoms with Crippen LogP contribution in [0.3, 0.4) is 0 Å². The molecule has 0 radical (unpaired) electrons. The average molecular weight is 250 g/mol. The first-order valence-electron chi connectivity index (χ1n) is 6.21. The van der Waals surface area contributed by atoms with Crippen LogP contribution in [0.5, 0.6) is 0 Å². The number of aliphatic hydroxyl groups excluding tert-OH is 1. The molecule has 0 saturated carbocycles. The monoisotopic (exact) mass is 250 g/mol. The molecular formula is C16H14N2O. The lowest BCUT2D eigenvalue weighted by Gasteiger charge is -2.08. The molecule has 0 aliphatic heterocycles. The van der Waals surface area contributed by atoms with Crippen molar-refractivity contribution in [3.05, 3.63) is 59.9 Å². The molecule has 1 N–H and O–H groups in total. The lowest BCUT2D eigenvalue weighted by molar-refractivity contribution is 0.282. The number of hydrogen-bond acceptors (Lipinski definition) is 3. The number of para-hydroxylation sites is 1. The predicted molar refractivity (Wildman–Crippen MR) is 75.6 cm³/mol. The number of hydrogen-bond donors (Lipinski definition) is 1. The molecule has 0 amide bonds. The maximum absolute atomic E-state index is 9.24. The molecule has 0 aliphatic rings. The maximum atomic E-state index is 9.24. The van der Waals surface area contributed by atoms with E-state index in [2.05, 4.69) is 9.97 Å². The van der Waals surface area contributed by atoms with Gasteiger partial charge in [0.25, 0.3) is 0 Å². The van der Waals surface area contributed by atoms with Crippen LogP contribution in [0, 0.1) is 6.92 Å². The number of nitrogens with zero attached hydrogens (tertiary/aromatic N) is 2. The lowest BCUT2D eigenvalue weighted by atomic mass is 10.0. The Morgan fingerprint density at radius 1 is 1.00 bits per heavy atom. The number of aryl methyl sites for hydroxylation is 1. The molecule has 0 bridgehead atoms. The minimum atomic E-state index is 0.0375. The van der Waals surface area contributed by atoms with Crippen LogP contribution in [0.1, 0.15) is 11.4 Å². The Hall–Kier alpha value is -2.26. The molecule has 2 aromatic carbocycles. The Morgan fingerprint density at radius 2 is 1.84 bits per heavy atom. The molecule has 0 saturated heterocycles. The van der Waals surface area contributed by atoms with Gasteiger partial charge in [0.2, 0.25) is 0 Å². The van der Waals surface area contributed by atoms with Gasteiger partial charge in [0, 0.05) is 10.9 Å². The number of aromatic nitrogens is 2. The normalized spacial score (nSPS) is 10.8. The Morgan fingerprint density at radius 3 is 2.68 bits per heavy atom. The highest BCUT2D eigenvalue weighted by atomic mass is 16.3. The summed E-state index contributed by atoms with van der Waals surface area (Å²) in [4.78, 5) is 9.00. The first-order chi connectivity index (χ1) is 9.28. The molecule has 94 valence electrons. The maximum Gasteiger partial charge on any atom is 0.126 e. The van der Waals surface area contributed by atoms with Crippen molar-refractivity contribution in [2.24, 2.45) is 0 Å². The van der Waals surface area contributed by atoms with E-state index in [9.17, 15) is 5.11 Å². The van der Waals surface area contributed by atoms with Crippen molar-refractivity contribution >= 4 is 10.9 Å². The van der Waals surface area contributed by atoms with E-state index in [1.54, 1.807) is 0 Å². The van der Waals surface area contributed by atoms with E-state index in [4.69, 9.17) is 0 Å². The zero-order valence-electron chi connectivity index (χ0n) is 10.7. The number of rotatable bonds is 2. The van der Waals surface area contributed by atoms with Crippen LogP contribution >= 0.6 is 0 Å². The molecule has 0 fully saturated rings. The Balaban J connectivity index is 2.29. The smallest absolute Gasteiger partial charge is 0.126 e. The first-order valence-corrected chi connectivity index (χ1v) is 6.21. The van der Waals surface area contributed by atoms with Crippen LogP contribution in [0.2, 0.25) is 0 Å². The van der Waals surface area contributed by atoms with Gasteiger partial charge in [0.05, 0.1) is 17.8 Å². The van der Waals surface area contributed by atoms with Crippen LogP contribution in [-0.2, 0) is 6.61 Å². The van der Waals surface area contributed by atoms with Crippen molar-refractivity contribution in [3.63, 3.8) is 0 Å². The fourth-order valence-electron chi connectivity index (χ4n) is 2.23. The zero-order valence-corrected chi connectivity index (χ0v) is 10.7. The van der Waals surface area contributed by atoms with Crippen molar-refractivity contribution in [1.29, 1.82) is 0 Å². The van der Waals surface area contributed by atoms with Gasteiger partial charge < -0.3 is 5.11 Å². The quantitative estimate of drug-likeness (QED) is 0.760. The topological polar surface area (TPSA) is 46.0 Å². The molecule has 0 unspecified atom stereocenters. The summed E-state index contributed by atoms with van der Waals surface area (Å²) in [6.07, 6.45) is 0. The minimum Gasteiger partial charge on any atom is -0.392 e. The van der Waals surface area contributed by atoms with Gasteiger partial charge in [-0.15, -0.1) is 0 Å². The third kappa shape index (κ3) is 2.20. The Labute approximate surface area is 111 Å². The van der Waals surface area contributed by atoms with Gasteiger partial charge in [0.1, 0.15) is 5.82 Å². The molecule has 0 atom stereocenters. The van der Waals surface area contributed by atoms with Crippen LogP contribution < -0.4 is 0 Å². The molecular weight excluding hydrogens is 236 g/mol. The fourth-order valence-corrected chi connectivity index (χ4v) is 2.23. The molecule has 19 heavy (non-hydrogen) atoms. The van der Waals surface area contributed by atoms with Crippen LogP contribution in [-0.4, -0.2) is 15.1 Å². The summed E-state index contributed by atoms with van der Waals surface area (Å²) in [5, 5.41) is 10.3. The summed E-state index contributed by atoms with van der Waals surface area (Å²) >= 11 is 0. The van der Waals surface area contributed by atoms with Crippen LogP contribution in [0.4, 0.5) is 0 Å². The first kappa shape index (κ1) is 11.8. The standard InChI is InChI=1S/C16H14N2O/c1-11-17-15-8-3-2-7-14(15)16(18-11)13-6-4-5-12(9-13)10-19/h2-9,19H,10H2,1H3. The molecule has 0 spiro atoms. The van der Waals surface area contributed by atoms with E-state index in [0.717, 1.165) is 33.5 Å². The third-order valence-electron chi connectivity index (χ3n) is 3.10. The average Bonchev–Trinajstić information content (AvgIpc) is 2.46. The summed E-state index contributed by atoms with van der Waals surface area (Å²) < 4.78 is 0. The fraction of sp³-hybridized carbons (Fsp3) is 0.125. The summed E-state index contributed by atoms with van der Waals surface area (Å²) in [7, 11) is 0. The van der Waals surface area contributed by atoms with E-state index in [1.165, 1.54) is 0 Å². The van der Waals surface area contributed by atoms with Crippen LogP contribution in [0.25, 0.3) is 22.2 Å². The predicted octanol–water partition coefficient (Wildman–Crippen LogP) is 3.10. The SMILES string of the molecule is Cc1nc(-c2cccc(CO)c2)c2ccccc2n1. The number of benzene rings is 2. The van der Waals surface area contributed by atoms with Gasteiger partial charge in [-0.05, 0) is 24.6 Å². The lowest BCUT2D eigenvalue weighted by Crippen LogP contribution is -1.94. The second-order valence-corrected chi connectivity index (χ2v) is 4.50. The van der Waals surface area contributed by atoms with E-state index in [0.29, 0.717) is 0 Å². The van der Waals surface area contributed by atoms with Crippen molar-refractivity contribution in [2.45, 2.75) is 13.5 Å². The second kappa shape index (κ2) is 4.78. The van der Waals surface area contributed by atoms with Gasteiger partial charge in [-0.25, -0.2) is 9.97 Å². The highest BCUT2D eigenvalue weighted by molar-refractivity contribution is 5.92. The summed E-state index contributed by atoms with van der Waals surface area (Å²) in [5.41, 5.74) is 3.75. The van der Waals surface area contributed by atoms with Crippen molar-refractivity contribution in [1.82, 2.24) is 9.97 Å². The van der Waals surface area contributed by atoms with Crippen molar-refractivity contribution in [2.75, 3.05) is 0 Å². The second-order valence-electron chi connectivity index (χ2n) is 4.50. The summed E-state index contributed by atoms with van der Waals surface area (Å²) in [6, 6.07) is 15.8. The zero-order chi connectivity index (χ0) is 13.2. The van der Waals surface area contributed by atoms with E-state index in [-0.39, 0.29) is 6.61 Å². The Kier molecular flexibility index (Phi) is 2.97. The highest BCUT2D eigenvalue weighted by Gasteiger charge is 2.08. The largest absolute Gasteiger partial charge is 0.392 e. The Bertz CT molecular complexity index is 738. The molecule has 1 heterocycles. The summed E-state index contributed by atoms with van der Waals surface area (Å²) in [5.74, 6) is 0.753. The van der Waals surface area contributed by atoms with Gasteiger partial charge in [-0.1, -0.05) is 36.4 Å². The van der Waals surface area contributed by atoms with E-state index in [1.807, 2.05) is 55.5 Å².